The zero-order valence-corrected chi connectivity index (χ0v) is 13.3. The van der Waals surface area contributed by atoms with Gasteiger partial charge >= 0.3 is 0 Å². The minimum absolute atomic E-state index is 0.0557. The van der Waals surface area contributed by atoms with Gasteiger partial charge in [-0.1, -0.05) is 18.5 Å². The molecule has 2 N–H and O–H groups in total. The van der Waals surface area contributed by atoms with Gasteiger partial charge in [-0.15, -0.1) is 11.3 Å². The minimum atomic E-state index is 0.0557. The van der Waals surface area contributed by atoms with Crippen molar-refractivity contribution in [1.29, 1.82) is 0 Å². The average molecular weight is 312 g/mol. The van der Waals surface area contributed by atoms with E-state index in [0.29, 0.717) is 16.8 Å². The van der Waals surface area contributed by atoms with Gasteiger partial charge in [-0.2, -0.15) is 4.98 Å². The van der Waals surface area contributed by atoms with Crippen molar-refractivity contribution in [1.82, 2.24) is 15.0 Å². The van der Waals surface area contributed by atoms with Gasteiger partial charge in [0.25, 0.3) is 0 Å². The largest absolute Gasteiger partial charge is 0.360 e. The lowest BCUT2D eigenvalue weighted by Gasteiger charge is -2.14. The quantitative estimate of drug-likeness (QED) is 0.847. The van der Waals surface area contributed by atoms with Gasteiger partial charge in [0.2, 0.25) is 5.95 Å². The summed E-state index contributed by atoms with van der Waals surface area (Å²) in [4.78, 5) is 14.1. The fourth-order valence-corrected chi connectivity index (χ4v) is 2.55. The van der Waals surface area contributed by atoms with Crippen molar-refractivity contribution in [2.24, 2.45) is 0 Å². The van der Waals surface area contributed by atoms with Gasteiger partial charge in [0.15, 0.2) is 5.82 Å². The first-order valence-electron chi connectivity index (χ1n) is 6.55. The Labute approximate surface area is 127 Å². The zero-order chi connectivity index (χ0) is 14.5. The molecule has 0 aromatic carbocycles. The number of nitrogens with one attached hydrogen (secondary N) is 2. The SMILES string of the molecule is CCCNc1ncc(Cl)c(NC(C)c2ncc(C)s2)n1. The van der Waals surface area contributed by atoms with Crippen LogP contribution >= 0.6 is 22.9 Å². The molecule has 20 heavy (non-hydrogen) atoms. The molecule has 0 bridgehead atoms. The number of aryl methyl sites for hydroxylation is 1. The van der Waals surface area contributed by atoms with Crippen LogP contribution in [0.2, 0.25) is 5.02 Å². The van der Waals surface area contributed by atoms with E-state index >= 15 is 0 Å². The van der Waals surface area contributed by atoms with E-state index in [2.05, 4.69) is 32.5 Å². The monoisotopic (exact) mass is 311 g/mol. The molecule has 2 rings (SSSR count). The molecule has 0 saturated carbocycles. The number of hydrogen-bond donors (Lipinski definition) is 2. The molecule has 1 unspecified atom stereocenters. The van der Waals surface area contributed by atoms with Crippen molar-refractivity contribution < 1.29 is 0 Å². The molecule has 0 aliphatic rings. The van der Waals surface area contributed by atoms with Crippen LogP contribution in [0.3, 0.4) is 0 Å². The summed E-state index contributed by atoms with van der Waals surface area (Å²) in [6.45, 7) is 7.01. The van der Waals surface area contributed by atoms with E-state index in [-0.39, 0.29) is 6.04 Å². The topological polar surface area (TPSA) is 62.7 Å². The van der Waals surface area contributed by atoms with E-state index < -0.39 is 0 Å². The van der Waals surface area contributed by atoms with Gasteiger partial charge < -0.3 is 10.6 Å². The fraction of sp³-hybridized carbons (Fsp3) is 0.462. The summed E-state index contributed by atoms with van der Waals surface area (Å²) in [5, 5.41) is 7.95. The van der Waals surface area contributed by atoms with Crippen LogP contribution in [-0.2, 0) is 0 Å². The molecule has 108 valence electrons. The molecule has 0 spiro atoms. The van der Waals surface area contributed by atoms with Crippen LogP contribution < -0.4 is 10.6 Å². The van der Waals surface area contributed by atoms with Crippen molar-refractivity contribution in [3.05, 3.63) is 27.3 Å². The molecule has 5 nitrogen and oxygen atoms in total. The highest BCUT2D eigenvalue weighted by Gasteiger charge is 2.13. The number of thiazole rings is 1. The van der Waals surface area contributed by atoms with Crippen LogP contribution in [0.4, 0.5) is 11.8 Å². The highest BCUT2D eigenvalue weighted by atomic mass is 35.5. The summed E-state index contributed by atoms with van der Waals surface area (Å²) >= 11 is 7.80. The summed E-state index contributed by atoms with van der Waals surface area (Å²) in [5.41, 5.74) is 0. The van der Waals surface area contributed by atoms with E-state index in [0.717, 1.165) is 18.0 Å². The van der Waals surface area contributed by atoms with Crippen LogP contribution in [-0.4, -0.2) is 21.5 Å². The fourth-order valence-electron chi connectivity index (χ4n) is 1.63. The molecule has 0 amide bonds. The average Bonchev–Trinajstić information content (AvgIpc) is 2.86. The Morgan fingerprint density at radius 3 is 2.80 bits per heavy atom. The number of anilines is 2. The second-order valence-corrected chi connectivity index (χ2v) is 6.17. The first-order valence-corrected chi connectivity index (χ1v) is 7.75. The lowest BCUT2D eigenvalue weighted by molar-refractivity contribution is 0.857. The second-order valence-electron chi connectivity index (χ2n) is 4.49. The van der Waals surface area contributed by atoms with E-state index in [1.54, 1.807) is 17.5 Å². The molecular weight excluding hydrogens is 294 g/mol. The summed E-state index contributed by atoms with van der Waals surface area (Å²) in [5.74, 6) is 1.21. The molecule has 0 fully saturated rings. The Morgan fingerprint density at radius 2 is 2.15 bits per heavy atom. The molecule has 0 aliphatic carbocycles. The summed E-state index contributed by atoms with van der Waals surface area (Å²) < 4.78 is 0. The van der Waals surface area contributed by atoms with Crippen molar-refractivity contribution in [2.75, 3.05) is 17.2 Å². The Kier molecular flexibility index (Phi) is 5.14. The Bertz CT molecular complexity index is 572. The maximum atomic E-state index is 6.13. The van der Waals surface area contributed by atoms with E-state index in [4.69, 9.17) is 11.6 Å². The molecule has 2 heterocycles. The van der Waals surface area contributed by atoms with Crippen LogP contribution in [0.1, 0.15) is 36.2 Å². The molecule has 7 heteroatoms. The van der Waals surface area contributed by atoms with Crippen LogP contribution in [0.5, 0.6) is 0 Å². The molecule has 1 atom stereocenters. The third-order valence-electron chi connectivity index (χ3n) is 2.64. The van der Waals surface area contributed by atoms with Gasteiger partial charge in [-0.3, -0.25) is 0 Å². The maximum absolute atomic E-state index is 6.13. The summed E-state index contributed by atoms with van der Waals surface area (Å²) in [7, 11) is 0. The van der Waals surface area contributed by atoms with Crippen LogP contribution in [0.25, 0.3) is 0 Å². The Balaban J connectivity index is 2.11. The summed E-state index contributed by atoms with van der Waals surface area (Å²) in [6.07, 6.45) is 4.49. The standard InChI is InChI=1S/C13H18ClN5S/c1-4-5-15-13-17-7-10(14)11(19-13)18-9(3)12-16-6-8(2)20-12/h6-7,9H,4-5H2,1-3H3,(H2,15,17,18,19). The summed E-state index contributed by atoms with van der Waals surface area (Å²) in [6, 6.07) is 0.0557. The smallest absolute Gasteiger partial charge is 0.224 e. The lowest BCUT2D eigenvalue weighted by Crippen LogP contribution is -2.11. The number of aromatic nitrogens is 3. The van der Waals surface area contributed by atoms with Gasteiger partial charge in [-0.25, -0.2) is 9.97 Å². The van der Waals surface area contributed by atoms with Gasteiger partial charge in [0, 0.05) is 17.6 Å². The van der Waals surface area contributed by atoms with Gasteiger partial charge in [-0.05, 0) is 20.3 Å². The highest BCUT2D eigenvalue weighted by molar-refractivity contribution is 7.11. The van der Waals surface area contributed by atoms with E-state index in [1.807, 2.05) is 20.0 Å². The molecule has 0 radical (unpaired) electrons. The molecule has 2 aromatic heterocycles. The first kappa shape index (κ1) is 15.0. The van der Waals surface area contributed by atoms with Crippen LogP contribution in [0, 0.1) is 6.92 Å². The second kappa shape index (κ2) is 6.85. The molecule has 0 aliphatic heterocycles. The third-order valence-corrected chi connectivity index (χ3v) is 4.01. The van der Waals surface area contributed by atoms with E-state index in [1.165, 1.54) is 4.88 Å². The van der Waals surface area contributed by atoms with Crippen LogP contribution in [0.15, 0.2) is 12.4 Å². The van der Waals surface area contributed by atoms with Gasteiger partial charge in [0.1, 0.15) is 10.0 Å². The van der Waals surface area contributed by atoms with Crippen molar-refractivity contribution >= 4 is 34.7 Å². The highest BCUT2D eigenvalue weighted by Crippen LogP contribution is 2.26. The predicted molar refractivity (Wildman–Crippen MR) is 84.7 cm³/mol. The molecule has 2 aromatic rings. The number of rotatable bonds is 6. The van der Waals surface area contributed by atoms with Crippen molar-refractivity contribution in [3.63, 3.8) is 0 Å². The maximum Gasteiger partial charge on any atom is 0.224 e. The Morgan fingerprint density at radius 1 is 1.35 bits per heavy atom. The van der Waals surface area contributed by atoms with Crippen molar-refractivity contribution in [2.45, 2.75) is 33.2 Å². The lowest BCUT2D eigenvalue weighted by atomic mass is 10.3. The predicted octanol–water partition coefficient (Wildman–Crippen LogP) is 3.89. The minimum Gasteiger partial charge on any atom is -0.360 e. The number of hydrogen-bond acceptors (Lipinski definition) is 6. The number of nitrogens with zero attached hydrogens (tertiary/aromatic N) is 3. The normalized spacial score (nSPS) is 12.2. The molecule has 0 saturated heterocycles. The van der Waals surface area contributed by atoms with Gasteiger partial charge in [0.05, 0.1) is 12.2 Å². The third kappa shape index (κ3) is 3.80. The van der Waals surface area contributed by atoms with E-state index in [9.17, 15) is 0 Å². The Hall–Kier alpha value is -1.40. The first-order chi connectivity index (χ1) is 9.60. The zero-order valence-electron chi connectivity index (χ0n) is 11.8. The molecular formula is C13H18ClN5S. The number of halogens is 1. The van der Waals surface area contributed by atoms with Crippen molar-refractivity contribution in [3.8, 4) is 0 Å².